The quantitative estimate of drug-likeness (QED) is 0.202. The first kappa shape index (κ1) is 30.4. The van der Waals surface area contributed by atoms with Crippen molar-refractivity contribution in [3.8, 4) is 6.07 Å². The van der Waals surface area contributed by atoms with Gasteiger partial charge in [-0.25, -0.2) is 8.42 Å². The maximum absolute atomic E-state index is 14.8. The van der Waals surface area contributed by atoms with Crippen molar-refractivity contribution >= 4 is 49.0 Å². The molecule has 2 aliphatic heterocycles. The van der Waals surface area contributed by atoms with Crippen molar-refractivity contribution < 1.29 is 18.0 Å². The van der Waals surface area contributed by atoms with Crippen molar-refractivity contribution in [3.63, 3.8) is 0 Å². The smallest absolute Gasteiger partial charge is 0.254 e. The van der Waals surface area contributed by atoms with E-state index in [1.807, 2.05) is 24.3 Å². The second-order valence-corrected chi connectivity index (χ2v) is 16.4. The number of ketones is 1. The van der Waals surface area contributed by atoms with Crippen LogP contribution in [0.25, 0.3) is 0 Å². The standard InChI is InChI=1S/C33H27BrN6O4S2/c34-28-5-6-30(45-28)46(43,44)39-19-25-26(20-39)31(25)40-29(15-27(41)24-3-1-23(18-35)2-4-24)38-33(32(40)42,16-21-7-11-36-12-8-21)17-22-9-13-37-14-10-22/h1-15,25-26,31,38H,16-17,19-20H2. The third kappa shape index (κ3) is 5.55. The number of carbonyl (C=O) groups excluding carboxylic acids is 2. The lowest BCUT2D eigenvalue weighted by molar-refractivity contribution is -0.132. The van der Waals surface area contributed by atoms with Crippen LogP contribution in [0.2, 0.25) is 0 Å². The van der Waals surface area contributed by atoms with E-state index in [1.54, 1.807) is 66.1 Å². The number of nitriles is 1. The van der Waals surface area contributed by atoms with E-state index < -0.39 is 15.6 Å². The van der Waals surface area contributed by atoms with Gasteiger partial charge in [-0.3, -0.25) is 24.5 Å². The molecule has 2 atom stereocenters. The van der Waals surface area contributed by atoms with Gasteiger partial charge < -0.3 is 5.32 Å². The van der Waals surface area contributed by atoms with E-state index in [9.17, 15) is 23.3 Å². The predicted molar refractivity (Wildman–Crippen MR) is 174 cm³/mol. The van der Waals surface area contributed by atoms with Gasteiger partial charge in [0.1, 0.15) is 15.6 Å². The van der Waals surface area contributed by atoms with Gasteiger partial charge >= 0.3 is 0 Å². The molecular formula is C33H27BrN6O4S2. The Kier molecular flexibility index (Phi) is 7.84. The molecule has 46 heavy (non-hydrogen) atoms. The van der Waals surface area contributed by atoms with E-state index in [0.717, 1.165) is 14.9 Å². The molecule has 10 nitrogen and oxygen atoms in total. The van der Waals surface area contributed by atoms with Crippen LogP contribution in [0.1, 0.15) is 27.0 Å². The Bertz CT molecular complexity index is 1940. The number of benzene rings is 1. The van der Waals surface area contributed by atoms with Gasteiger partial charge in [-0.2, -0.15) is 9.57 Å². The van der Waals surface area contributed by atoms with E-state index in [1.165, 1.54) is 21.7 Å². The Morgan fingerprint density at radius 2 is 1.57 bits per heavy atom. The fraction of sp³-hybridized carbons (Fsp3) is 0.242. The molecular weight excluding hydrogens is 688 g/mol. The van der Waals surface area contributed by atoms with E-state index in [-0.39, 0.29) is 46.9 Å². The lowest BCUT2D eigenvalue weighted by Gasteiger charge is -2.28. The van der Waals surface area contributed by atoms with Gasteiger partial charge in [-0.15, -0.1) is 11.3 Å². The highest BCUT2D eigenvalue weighted by Crippen LogP contribution is 2.53. The van der Waals surface area contributed by atoms with Crippen molar-refractivity contribution in [1.29, 1.82) is 5.26 Å². The molecule has 1 aliphatic carbocycles. The summed E-state index contributed by atoms with van der Waals surface area (Å²) in [7, 11) is -3.66. The van der Waals surface area contributed by atoms with Crippen LogP contribution in [0.3, 0.4) is 0 Å². The Morgan fingerprint density at radius 3 is 2.09 bits per heavy atom. The fourth-order valence-electron chi connectivity index (χ4n) is 6.62. The maximum atomic E-state index is 14.8. The number of nitrogens with zero attached hydrogens (tertiary/aromatic N) is 5. The number of sulfonamides is 1. The molecule has 1 aromatic carbocycles. The van der Waals surface area contributed by atoms with Crippen LogP contribution >= 0.6 is 27.3 Å². The van der Waals surface area contributed by atoms with Crippen LogP contribution < -0.4 is 5.32 Å². The van der Waals surface area contributed by atoms with Gasteiger partial charge in [0.05, 0.1) is 15.4 Å². The van der Waals surface area contributed by atoms with Crippen LogP contribution in [-0.2, 0) is 27.7 Å². The number of carbonyl (C=O) groups is 2. The number of piperidine rings is 1. The fourth-order valence-corrected chi connectivity index (χ4v) is 10.3. The third-order valence-corrected chi connectivity index (χ3v) is 12.8. The monoisotopic (exact) mass is 714 g/mol. The van der Waals surface area contributed by atoms with Gasteiger partial charge in [-0.05, 0) is 87.7 Å². The summed E-state index contributed by atoms with van der Waals surface area (Å²) in [6.07, 6.45) is 8.87. The summed E-state index contributed by atoms with van der Waals surface area (Å²) in [5.41, 5.74) is 1.51. The number of hydrogen-bond acceptors (Lipinski definition) is 9. The molecule has 2 saturated heterocycles. The van der Waals surface area contributed by atoms with Crippen LogP contribution in [0.4, 0.5) is 0 Å². The average Bonchev–Trinajstić information content (AvgIpc) is 3.39. The molecule has 2 unspecified atom stereocenters. The number of nitrogens with one attached hydrogen (secondary N) is 1. The Morgan fingerprint density at radius 1 is 0.978 bits per heavy atom. The topological polar surface area (TPSA) is 136 Å². The minimum absolute atomic E-state index is 0.0741. The second kappa shape index (κ2) is 11.9. The average molecular weight is 716 g/mol. The van der Waals surface area contributed by atoms with Crippen molar-refractivity contribution in [2.75, 3.05) is 13.1 Å². The molecule has 5 heterocycles. The molecule has 1 amide bonds. The van der Waals surface area contributed by atoms with Gasteiger partial charge in [0.15, 0.2) is 5.78 Å². The maximum Gasteiger partial charge on any atom is 0.254 e. The molecule has 13 heteroatoms. The number of hydrogen-bond donors (Lipinski definition) is 1. The molecule has 1 N–H and O–H groups in total. The number of halogens is 1. The summed E-state index contributed by atoms with van der Waals surface area (Å²) in [6, 6.07) is 18.9. The van der Waals surface area contributed by atoms with E-state index in [0.29, 0.717) is 29.8 Å². The van der Waals surface area contributed by atoms with Gasteiger partial charge in [0.25, 0.3) is 15.9 Å². The summed E-state index contributed by atoms with van der Waals surface area (Å²) in [5.74, 6) is -0.244. The van der Waals surface area contributed by atoms with Crippen LogP contribution in [-0.4, -0.2) is 64.0 Å². The minimum Gasteiger partial charge on any atom is -0.357 e. The number of amides is 1. The van der Waals surface area contributed by atoms with E-state index in [4.69, 9.17) is 0 Å². The zero-order valence-electron chi connectivity index (χ0n) is 24.3. The second-order valence-electron chi connectivity index (χ2n) is 11.7. The number of aromatic nitrogens is 2. The zero-order valence-corrected chi connectivity index (χ0v) is 27.5. The van der Waals surface area contributed by atoms with Crippen molar-refractivity contribution in [2.24, 2.45) is 11.8 Å². The van der Waals surface area contributed by atoms with Crippen LogP contribution in [0.15, 0.2) is 105 Å². The van der Waals surface area contributed by atoms with Crippen LogP contribution in [0, 0.1) is 23.2 Å². The molecule has 232 valence electrons. The lowest BCUT2D eigenvalue weighted by atomic mass is 9.85. The summed E-state index contributed by atoms with van der Waals surface area (Å²) in [6.45, 7) is 0.574. The number of allylic oxidation sites excluding steroid dienone is 1. The summed E-state index contributed by atoms with van der Waals surface area (Å²) >= 11 is 4.52. The van der Waals surface area contributed by atoms with Crippen molar-refractivity contribution in [3.05, 3.63) is 123 Å². The van der Waals surface area contributed by atoms with Gasteiger partial charge in [0.2, 0.25) is 0 Å². The molecule has 3 fully saturated rings. The highest BCUT2D eigenvalue weighted by molar-refractivity contribution is 9.11. The largest absolute Gasteiger partial charge is 0.357 e. The molecule has 0 radical (unpaired) electrons. The Hall–Kier alpha value is -4.22. The van der Waals surface area contributed by atoms with E-state index >= 15 is 0 Å². The molecule has 1 saturated carbocycles. The SMILES string of the molecule is N#Cc1ccc(C(=O)C=C2NC(Cc3ccncc3)(Cc3ccncc3)C(=O)N2C2C3CN(S(=O)(=O)c4ccc(Br)s4)CC32)cc1. The summed E-state index contributed by atoms with van der Waals surface area (Å²) in [4.78, 5) is 38.3. The van der Waals surface area contributed by atoms with E-state index in [2.05, 4.69) is 37.3 Å². The lowest BCUT2D eigenvalue weighted by Crippen LogP contribution is -2.51. The van der Waals surface area contributed by atoms with Crippen LogP contribution in [0.5, 0.6) is 0 Å². The zero-order chi connectivity index (χ0) is 32.1. The van der Waals surface area contributed by atoms with Crippen molar-refractivity contribution in [1.82, 2.24) is 24.5 Å². The molecule has 3 aliphatic rings. The number of fused-ring (bicyclic) bond motifs is 1. The van der Waals surface area contributed by atoms with Crippen molar-refractivity contribution in [2.45, 2.75) is 28.6 Å². The first-order chi connectivity index (χ1) is 22.2. The first-order valence-electron chi connectivity index (χ1n) is 14.6. The number of pyridine rings is 2. The first-order valence-corrected chi connectivity index (χ1v) is 17.6. The summed E-state index contributed by atoms with van der Waals surface area (Å²) < 4.78 is 29.2. The molecule has 3 aromatic heterocycles. The Balaban J connectivity index is 1.24. The normalized spacial score (nSPS) is 22.8. The third-order valence-electron chi connectivity index (χ3n) is 8.89. The minimum atomic E-state index is -3.66. The highest BCUT2D eigenvalue weighted by Gasteiger charge is 2.65. The molecule has 0 spiro atoms. The van der Waals surface area contributed by atoms with Gasteiger partial charge in [0, 0.05) is 80.2 Å². The predicted octanol–water partition coefficient (Wildman–Crippen LogP) is 4.17. The molecule has 7 rings (SSSR count). The number of rotatable bonds is 9. The molecule has 0 bridgehead atoms. The van der Waals surface area contributed by atoms with Gasteiger partial charge in [-0.1, -0.05) is 0 Å². The molecule has 4 aromatic rings. The Labute approximate surface area is 278 Å². The highest BCUT2D eigenvalue weighted by atomic mass is 79.9. The summed E-state index contributed by atoms with van der Waals surface area (Å²) in [5, 5.41) is 12.7. The number of thiophene rings is 1.